The zero-order valence-corrected chi connectivity index (χ0v) is 22.6. The number of aromatic nitrogens is 2. The van der Waals surface area contributed by atoms with Crippen molar-refractivity contribution in [3.63, 3.8) is 0 Å². The van der Waals surface area contributed by atoms with Crippen LogP contribution in [-0.2, 0) is 11.3 Å². The van der Waals surface area contributed by atoms with Crippen LogP contribution in [-0.4, -0.2) is 87.0 Å². The lowest BCUT2D eigenvalue weighted by Crippen LogP contribution is -2.58. The van der Waals surface area contributed by atoms with Gasteiger partial charge in [-0.25, -0.2) is 9.59 Å². The van der Waals surface area contributed by atoms with Gasteiger partial charge in [-0.05, 0) is 69.8 Å². The molecule has 1 aromatic carbocycles. The molecule has 11 heteroatoms. The fraction of sp³-hybridized carbons (Fsp3) is 0.556. The number of nitrogens with zero attached hydrogens (tertiary/aromatic N) is 5. The van der Waals surface area contributed by atoms with Crippen molar-refractivity contribution in [2.24, 2.45) is 17.4 Å². The van der Waals surface area contributed by atoms with Crippen LogP contribution in [0.1, 0.15) is 39.2 Å². The average Bonchev–Trinajstić information content (AvgIpc) is 2.88. The molecule has 11 nitrogen and oxygen atoms in total. The molecule has 0 saturated carbocycles. The molecule has 0 radical (unpaired) electrons. The van der Waals surface area contributed by atoms with E-state index in [1.54, 1.807) is 35.9 Å². The standard InChI is InChI=1S/C27H40N8O3/c1-19(28)21-5-4-11-32(18-21)17-20-6-8-22(9-7-20)35-12-10-23(31-26(35)38)30-25(37)34-15-13-33(14-16-34)24(36)27(2,3)29/h6-10,12,19,21H,4-5,11,13-18,28-29H2,1-3H3,(H,30,31,37,38). The largest absolute Gasteiger partial charge is 0.354 e. The number of piperazine rings is 1. The average molecular weight is 525 g/mol. The van der Waals surface area contributed by atoms with Crippen LogP contribution in [0.4, 0.5) is 10.6 Å². The van der Waals surface area contributed by atoms with Crippen LogP contribution in [0.3, 0.4) is 0 Å². The molecule has 0 spiro atoms. The zero-order valence-electron chi connectivity index (χ0n) is 22.6. The molecule has 206 valence electrons. The molecule has 2 saturated heterocycles. The third-order valence-corrected chi connectivity index (χ3v) is 7.35. The minimum Gasteiger partial charge on any atom is -0.338 e. The van der Waals surface area contributed by atoms with Gasteiger partial charge in [-0.2, -0.15) is 4.98 Å². The molecular formula is C27H40N8O3. The van der Waals surface area contributed by atoms with Crippen molar-refractivity contribution in [2.45, 2.75) is 51.7 Å². The molecule has 2 fully saturated rings. The number of hydrogen-bond donors (Lipinski definition) is 3. The van der Waals surface area contributed by atoms with Crippen LogP contribution in [0.2, 0.25) is 0 Å². The number of anilines is 1. The first kappa shape index (κ1) is 27.7. The summed E-state index contributed by atoms with van der Waals surface area (Å²) in [6, 6.07) is 9.33. The normalized spacial score (nSPS) is 19.8. The Morgan fingerprint density at radius 1 is 1.08 bits per heavy atom. The lowest BCUT2D eigenvalue weighted by Gasteiger charge is -2.37. The summed E-state index contributed by atoms with van der Waals surface area (Å²) in [6.45, 7) is 9.92. The third-order valence-electron chi connectivity index (χ3n) is 7.35. The molecule has 38 heavy (non-hydrogen) atoms. The van der Waals surface area contributed by atoms with Crippen LogP contribution in [0.5, 0.6) is 0 Å². The second kappa shape index (κ2) is 11.6. The monoisotopic (exact) mass is 524 g/mol. The minimum atomic E-state index is -0.946. The molecule has 2 aromatic rings. The highest BCUT2D eigenvalue weighted by atomic mass is 16.2. The van der Waals surface area contributed by atoms with Gasteiger partial charge in [-0.3, -0.25) is 19.6 Å². The quantitative estimate of drug-likeness (QED) is 0.515. The van der Waals surface area contributed by atoms with E-state index in [9.17, 15) is 14.4 Å². The number of amides is 3. The number of rotatable bonds is 6. The van der Waals surface area contributed by atoms with Crippen LogP contribution in [0, 0.1) is 5.92 Å². The van der Waals surface area contributed by atoms with Gasteiger partial charge in [0.2, 0.25) is 5.91 Å². The highest BCUT2D eigenvalue weighted by molar-refractivity contribution is 5.89. The van der Waals surface area contributed by atoms with Crippen molar-refractivity contribution in [1.82, 2.24) is 24.3 Å². The van der Waals surface area contributed by atoms with Crippen LogP contribution in [0.25, 0.3) is 5.69 Å². The summed E-state index contributed by atoms with van der Waals surface area (Å²) in [7, 11) is 0. The van der Waals surface area contributed by atoms with E-state index >= 15 is 0 Å². The van der Waals surface area contributed by atoms with E-state index in [0.29, 0.717) is 37.8 Å². The Labute approximate surface area is 223 Å². The van der Waals surface area contributed by atoms with Crippen molar-refractivity contribution in [3.8, 4) is 5.69 Å². The Kier molecular flexibility index (Phi) is 8.49. The van der Waals surface area contributed by atoms with Crippen molar-refractivity contribution < 1.29 is 9.59 Å². The van der Waals surface area contributed by atoms with E-state index in [2.05, 4.69) is 22.1 Å². The summed E-state index contributed by atoms with van der Waals surface area (Å²) in [5.74, 6) is 0.574. The highest BCUT2D eigenvalue weighted by Crippen LogP contribution is 2.21. The van der Waals surface area contributed by atoms with E-state index in [1.807, 2.05) is 24.3 Å². The lowest BCUT2D eigenvalue weighted by atomic mass is 9.92. The molecule has 2 aliphatic rings. The van der Waals surface area contributed by atoms with Crippen LogP contribution in [0.15, 0.2) is 41.3 Å². The van der Waals surface area contributed by atoms with Gasteiger partial charge in [0.05, 0.1) is 11.2 Å². The SMILES string of the molecule is CC(N)C1CCCN(Cc2ccc(-n3ccc(NC(=O)N4CCN(C(=O)C(C)(C)N)CC4)nc3=O)cc2)C1. The zero-order chi connectivity index (χ0) is 27.4. The van der Waals surface area contributed by atoms with E-state index in [-0.39, 0.29) is 23.8 Å². The Hall–Kier alpha value is -3.28. The maximum Gasteiger partial charge on any atom is 0.354 e. The van der Waals surface area contributed by atoms with Crippen LogP contribution >= 0.6 is 0 Å². The van der Waals surface area contributed by atoms with Gasteiger partial charge in [0.25, 0.3) is 0 Å². The Morgan fingerprint density at radius 2 is 1.74 bits per heavy atom. The van der Waals surface area contributed by atoms with Gasteiger partial charge in [0, 0.05) is 51.5 Å². The first-order valence-electron chi connectivity index (χ1n) is 13.3. The fourth-order valence-corrected chi connectivity index (χ4v) is 5.06. The summed E-state index contributed by atoms with van der Waals surface area (Å²) in [4.78, 5) is 47.5. The highest BCUT2D eigenvalue weighted by Gasteiger charge is 2.31. The lowest BCUT2D eigenvalue weighted by molar-refractivity contribution is -0.137. The Balaban J connectivity index is 1.32. The molecular weight excluding hydrogens is 484 g/mol. The number of benzene rings is 1. The number of carbonyl (C=O) groups is 2. The van der Waals surface area contributed by atoms with Gasteiger partial charge < -0.3 is 21.3 Å². The van der Waals surface area contributed by atoms with Crippen molar-refractivity contribution in [2.75, 3.05) is 44.6 Å². The number of hydrogen-bond acceptors (Lipinski definition) is 7. The number of likely N-dealkylation sites (tertiary alicyclic amines) is 1. The van der Waals surface area contributed by atoms with Crippen molar-refractivity contribution in [3.05, 3.63) is 52.6 Å². The topological polar surface area (TPSA) is 143 Å². The maximum atomic E-state index is 12.7. The Bertz CT molecular complexity index is 1180. The van der Waals surface area contributed by atoms with Gasteiger partial charge in [0.15, 0.2) is 0 Å². The molecule has 4 rings (SSSR count). The molecule has 0 bridgehead atoms. The number of nitrogens with two attached hydrogens (primary N) is 2. The minimum absolute atomic E-state index is 0.141. The first-order valence-corrected chi connectivity index (χ1v) is 13.3. The Morgan fingerprint density at radius 3 is 2.34 bits per heavy atom. The summed E-state index contributed by atoms with van der Waals surface area (Å²) in [6.07, 6.45) is 3.96. The van der Waals surface area contributed by atoms with Crippen molar-refractivity contribution >= 4 is 17.8 Å². The molecule has 3 heterocycles. The van der Waals surface area contributed by atoms with E-state index in [0.717, 1.165) is 26.1 Å². The molecule has 2 atom stereocenters. The van der Waals surface area contributed by atoms with Gasteiger partial charge in [-0.15, -0.1) is 0 Å². The van der Waals surface area contributed by atoms with Gasteiger partial charge >= 0.3 is 11.7 Å². The molecule has 3 amide bonds. The van der Waals surface area contributed by atoms with Crippen LogP contribution < -0.4 is 22.5 Å². The van der Waals surface area contributed by atoms with Gasteiger partial charge in [0.1, 0.15) is 5.82 Å². The summed E-state index contributed by atoms with van der Waals surface area (Å²) < 4.78 is 1.45. The summed E-state index contributed by atoms with van der Waals surface area (Å²) in [5.41, 5.74) is 12.5. The number of nitrogens with one attached hydrogen (secondary N) is 1. The smallest absolute Gasteiger partial charge is 0.338 e. The summed E-state index contributed by atoms with van der Waals surface area (Å²) >= 11 is 0. The van der Waals surface area contributed by atoms with Gasteiger partial charge in [-0.1, -0.05) is 12.1 Å². The number of carbonyl (C=O) groups excluding carboxylic acids is 2. The predicted octanol–water partition coefficient (Wildman–Crippen LogP) is 1.21. The third kappa shape index (κ3) is 6.77. The fourth-order valence-electron chi connectivity index (χ4n) is 5.06. The second-order valence-corrected chi connectivity index (χ2v) is 11.1. The molecule has 2 aliphatic heterocycles. The molecule has 2 unspecified atom stereocenters. The maximum absolute atomic E-state index is 12.7. The van der Waals surface area contributed by atoms with Crippen molar-refractivity contribution in [1.29, 1.82) is 0 Å². The second-order valence-electron chi connectivity index (χ2n) is 11.1. The first-order chi connectivity index (χ1) is 18.0. The van der Waals surface area contributed by atoms with E-state index in [4.69, 9.17) is 11.5 Å². The summed E-state index contributed by atoms with van der Waals surface area (Å²) in [5, 5.41) is 2.69. The van der Waals surface area contributed by atoms with E-state index < -0.39 is 11.2 Å². The molecule has 1 aromatic heterocycles. The molecule has 0 aliphatic carbocycles. The number of urea groups is 1. The molecule has 5 N–H and O–H groups in total. The predicted molar refractivity (Wildman–Crippen MR) is 147 cm³/mol. The van der Waals surface area contributed by atoms with E-state index in [1.165, 1.54) is 16.6 Å². The number of piperidine rings is 1.